The second-order valence-corrected chi connectivity index (χ2v) is 3.16. The molecular weight excluding hydrogens is 192 g/mol. The normalized spacial score (nSPS) is 10.5. The molecule has 0 spiro atoms. The number of nitrogens with zero attached hydrogens (tertiary/aromatic N) is 1. The van der Waals surface area contributed by atoms with Crippen LogP contribution in [-0.4, -0.2) is 17.7 Å². The van der Waals surface area contributed by atoms with Gasteiger partial charge in [0.15, 0.2) is 11.5 Å². The minimum absolute atomic E-state index is 0.219. The molecule has 0 amide bonds. The SMILES string of the molecule is CCOC(=N)Cc1noc2ccccc12. The van der Waals surface area contributed by atoms with Crippen LogP contribution in [0.5, 0.6) is 0 Å². The Morgan fingerprint density at radius 1 is 1.47 bits per heavy atom. The van der Waals surface area contributed by atoms with Gasteiger partial charge in [0.2, 0.25) is 0 Å². The summed E-state index contributed by atoms with van der Waals surface area (Å²) in [4.78, 5) is 0. The molecule has 0 aliphatic carbocycles. The van der Waals surface area contributed by atoms with Gasteiger partial charge in [-0.15, -0.1) is 0 Å². The molecule has 1 aromatic carbocycles. The van der Waals surface area contributed by atoms with Gasteiger partial charge >= 0.3 is 0 Å². The lowest BCUT2D eigenvalue weighted by molar-refractivity contribution is 0.315. The van der Waals surface area contributed by atoms with Gasteiger partial charge in [-0.05, 0) is 19.1 Å². The second kappa shape index (κ2) is 4.13. The lowest BCUT2D eigenvalue weighted by atomic mass is 10.2. The number of fused-ring (bicyclic) bond motifs is 1. The quantitative estimate of drug-likeness (QED) is 0.616. The number of aromatic nitrogens is 1. The van der Waals surface area contributed by atoms with E-state index in [1.807, 2.05) is 31.2 Å². The van der Waals surface area contributed by atoms with Crippen molar-refractivity contribution in [1.29, 1.82) is 5.41 Å². The molecule has 0 aliphatic heterocycles. The van der Waals surface area contributed by atoms with Gasteiger partial charge in [0, 0.05) is 5.39 Å². The number of hydrogen-bond donors (Lipinski definition) is 1. The molecule has 0 atom stereocenters. The number of benzene rings is 1. The van der Waals surface area contributed by atoms with Crippen molar-refractivity contribution in [3.63, 3.8) is 0 Å². The maximum Gasteiger partial charge on any atom is 0.186 e. The van der Waals surface area contributed by atoms with Crippen LogP contribution in [0.2, 0.25) is 0 Å². The first-order valence-electron chi connectivity index (χ1n) is 4.84. The molecule has 0 aliphatic rings. The highest BCUT2D eigenvalue weighted by Crippen LogP contribution is 2.18. The molecule has 2 rings (SSSR count). The number of ether oxygens (including phenoxy) is 1. The minimum Gasteiger partial charge on any atom is -0.481 e. The molecule has 0 bridgehead atoms. The Morgan fingerprint density at radius 3 is 3.07 bits per heavy atom. The third-order valence-electron chi connectivity index (χ3n) is 2.10. The zero-order valence-electron chi connectivity index (χ0n) is 8.49. The molecule has 1 heterocycles. The van der Waals surface area contributed by atoms with Crippen molar-refractivity contribution in [1.82, 2.24) is 5.16 Å². The average molecular weight is 204 g/mol. The van der Waals surface area contributed by atoms with E-state index in [1.165, 1.54) is 0 Å². The highest BCUT2D eigenvalue weighted by molar-refractivity contribution is 5.84. The summed E-state index contributed by atoms with van der Waals surface area (Å²) in [5, 5.41) is 12.4. The number of rotatable bonds is 3. The summed E-state index contributed by atoms with van der Waals surface area (Å²) >= 11 is 0. The molecule has 0 unspecified atom stereocenters. The lowest BCUT2D eigenvalue weighted by Crippen LogP contribution is -2.06. The van der Waals surface area contributed by atoms with Crippen molar-refractivity contribution in [3.8, 4) is 0 Å². The van der Waals surface area contributed by atoms with E-state index in [2.05, 4.69) is 5.16 Å². The Labute approximate surface area is 87.3 Å². The molecule has 0 saturated heterocycles. The molecule has 0 radical (unpaired) electrons. The van der Waals surface area contributed by atoms with Crippen molar-refractivity contribution >= 4 is 16.9 Å². The summed E-state index contributed by atoms with van der Waals surface area (Å²) in [5.74, 6) is 0.219. The van der Waals surface area contributed by atoms with Crippen LogP contribution in [0.4, 0.5) is 0 Å². The smallest absolute Gasteiger partial charge is 0.186 e. The zero-order valence-corrected chi connectivity index (χ0v) is 8.49. The van der Waals surface area contributed by atoms with Gasteiger partial charge in [0.1, 0.15) is 5.69 Å². The molecule has 0 saturated carbocycles. The maximum atomic E-state index is 7.54. The van der Waals surface area contributed by atoms with E-state index < -0.39 is 0 Å². The van der Waals surface area contributed by atoms with E-state index in [1.54, 1.807) is 0 Å². The molecule has 1 aromatic heterocycles. The van der Waals surface area contributed by atoms with E-state index in [-0.39, 0.29) is 5.90 Å². The molecule has 4 nitrogen and oxygen atoms in total. The summed E-state index contributed by atoms with van der Waals surface area (Å²) < 4.78 is 10.2. The van der Waals surface area contributed by atoms with Crippen molar-refractivity contribution < 1.29 is 9.26 Å². The van der Waals surface area contributed by atoms with Crippen molar-refractivity contribution in [3.05, 3.63) is 30.0 Å². The van der Waals surface area contributed by atoms with Crippen LogP contribution < -0.4 is 0 Å². The molecule has 1 N–H and O–H groups in total. The fourth-order valence-electron chi connectivity index (χ4n) is 1.44. The average Bonchev–Trinajstić information content (AvgIpc) is 2.62. The Bertz CT molecular complexity index is 476. The molecule has 2 aromatic rings. The van der Waals surface area contributed by atoms with E-state index in [0.29, 0.717) is 13.0 Å². The third kappa shape index (κ3) is 1.98. The van der Waals surface area contributed by atoms with Crippen molar-refractivity contribution in [2.75, 3.05) is 6.61 Å². The highest BCUT2D eigenvalue weighted by Gasteiger charge is 2.09. The van der Waals surface area contributed by atoms with Gasteiger partial charge in [-0.3, -0.25) is 5.41 Å². The first-order valence-corrected chi connectivity index (χ1v) is 4.84. The molecular formula is C11H12N2O2. The minimum atomic E-state index is 0.219. The monoisotopic (exact) mass is 204 g/mol. The predicted octanol–water partition coefficient (Wildman–Crippen LogP) is 2.38. The van der Waals surface area contributed by atoms with Crippen LogP contribution >= 0.6 is 0 Å². The fourth-order valence-corrected chi connectivity index (χ4v) is 1.44. The molecule has 4 heteroatoms. The summed E-state index contributed by atoms with van der Waals surface area (Å²) in [6.45, 7) is 2.37. The van der Waals surface area contributed by atoms with Crippen LogP contribution in [0.1, 0.15) is 12.6 Å². The fraction of sp³-hybridized carbons (Fsp3) is 0.273. The Morgan fingerprint density at radius 2 is 2.27 bits per heavy atom. The van der Waals surface area contributed by atoms with Crippen molar-refractivity contribution in [2.24, 2.45) is 0 Å². The van der Waals surface area contributed by atoms with Crippen LogP contribution in [-0.2, 0) is 11.2 Å². The highest BCUT2D eigenvalue weighted by atomic mass is 16.5. The first-order chi connectivity index (χ1) is 7.31. The van der Waals surface area contributed by atoms with Gasteiger partial charge in [-0.25, -0.2) is 0 Å². The van der Waals surface area contributed by atoms with Gasteiger partial charge in [-0.1, -0.05) is 17.3 Å². The van der Waals surface area contributed by atoms with E-state index in [0.717, 1.165) is 16.7 Å². The first kappa shape index (κ1) is 9.71. The Balaban J connectivity index is 2.25. The summed E-state index contributed by atoms with van der Waals surface area (Å²) in [5.41, 5.74) is 1.50. The summed E-state index contributed by atoms with van der Waals surface area (Å²) in [7, 11) is 0. The van der Waals surface area contributed by atoms with Gasteiger partial charge in [0.25, 0.3) is 0 Å². The van der Waals surface area contributed by atoms with E-state index in [9.17, 15) is 0 Å². The molecule has 78 valence electrons. The third-order valence-corrected chi connectivity index (χ3v) is 2.10. The van der Waals surface area contributed by atoms with E-state index in [4.69, 9.17) is 14.7 Å². The van der Waals surface area contributed by atoms with Crippen LogP contribution in [0, 0.1) is 5.41 Å². The van der Waals surface area contributed by atoms with Crippen LogP contribution in [0.15, 0.2) is 28.8 Å². The number of hydrogen-bond acceptors (Lipinski definition) is 4. The standard InChI is InChI=1S/C11H12N2O2/c1-2-14-11(12)7-9-8-5-3-4-6-10(8)15-13-9/h3-6,12H,2,7H2,1H3. The maximum absolute atomic E-state index is 7.54. The second-order valence-electron chi connectivity index (χ2n) is 3.16. The van der Waals surface area contributed by atoms with Crippen LogP contribution in [0.25, 0.3) is 11.0 Å². The van der Waals surface area contributed by atoms with Gasteiger partial charge in [0.05, 0.1) is 13.0 Å². The molecule has 0 fully saturated rings. The van der Waals surface area contributed by atoms with E-state index >= 15 is 0 Å². The zero-order chi connectivity index (χ0) is 10.7. The Hall–Kier alpha value is -1.84. The topological polar surface area (TPSA) is 59.1 Å². The molecule has 15 heavy (non-hydrogen) atoms. The predicted molar refractivity (Wildman–Crippen MR) is 57.1 cm³/mol. The number of para-hydroxylation sites is 1. The summed E-state index contributed by atoms with van der Waals surface area (Å²) in [6.07, 6.45) is 0.380. The van der Waals surface area contributed by atoms with Gasteiger partial charge < -0.3 is 9.26 Å². The van der Waals surface area contributed by atoms with Crippen LogP contribution in [0.3, 0.4) is 0 Å². The Kier molecular flexibility index (Phi) is 2.67. The largest absolute Gasteiger partial charge is 0.481 e. The number of nitrogens with one attached hydrogen (secondary N) is 1. The van der Waals surface area contributed by atoms with Gasteiger partial charge in [-0.2, -0.15) is 0 Å². The lowest BCUT2D eigenvalue weighted by Gasteiger charge is -2.01. The van der Waals surface area contributed by atoms with Crippen molar-refractivity contribution in [2.45, 2.75) is 13.3 Å². The summed E-state index contributed by atoms with van der Waals surface area (Å²) in [6, 6.07) is 7.61.